The lowest BCUT2D eigenvalue weighted by Crippen LogP contribution is -2.19. The minimum atomic E-state index is 0.284. The summed E-state index contributed by atoms with van der Waals surface area (Å²) in [7, 11) is 4.08. The quantitative estimate of drug-likeness (QED) is 0.842. The Morgan fingerprint density at radius 3 is 2.56 bits per heavy atom. The molecule has 1 aromatic heterocycles. The van der Waals surface area contributed by atoms with Crippen LogP contribution in [0.3, 0.4) is 0 Å². The van der Waals surface area contributed by atoms with E-state index in [1.54, 1.807) is 0 Å². The number of aromatic amines is 1. The van der Waals surface area contributed by atoms with E-state index in [4.69, 9.17) is 0 Å². The normalized spacial score (nSPS) is 12.4. The first-order chi connectivity index (χ1) is 8.66. The number of nitrogens with one attached hydrogen (secondary N) is 2. The van der Waals surface area contributed by atoms with Crippen LogP contribution in [0.15, 0.2) is 30.6 Å². The molecule has 18 heavy (non-hydrogen) atoms. The van der Waals surface area contributed by atoms with Gasteiger partial charge < -0.3 is 10.2 Å². The Balaban J connectivity index is 1.94. The van der Waals surface area contributed by atoms with E-state index < -0.39 is 0 Å². The molecule has 2 aromatic rings. The number of H-pyrrole nitrogens is 1. The summed E-state index contributed by atoms with van der Waals surface area (Å²) in [6.07, 6.45) is 1.52. The SMILES string of the molecule is CC(NCc1ncn[nH]1)c1ccc(N(C)C)cc1. The molecule has 0 saturated carbocycles. The molecule has 0 radical (unpaired) electrons. The molecule has 0 spiro atoms. The van der Waals surface area contributed by atoms with Gasteiger partial charge >= 0.3 is 0 Å². The van der Waals surface area contributed by atoms with Crippen molar-refractivity contribution in [1.29, 1.82) is 0 Å². The van der Waals surface area contributed by atoms with Crippen molar-refractivity contribution in [3.63, 3.8) is 0 Å². The van der Waals surface area contributed by atoms with Gasteiger partial charge in [-0.2, -0.15) is 5.10 Å². The number of anilines is 1. The molecular formula is C13H19N5. The molecule has 0 amide bonds. The van der Waals surface area contributed by atoms with Crippen LogP contribution in [0, 0.1) is 0 Å². The van der Waals surface area contributed by atoms with Gasteiger partial charge in [0.05, 0.1) is 6.54 Å². The fourth-order valence-electron chi connectivity index (χ4n) is 1.74. The third kappa shape index (κ3) is 3.07. The number of hydrogen-bond acceptors (Lipinski definition) is 4. The van der Waals surface area contributed by atoms with E-state index in [0.717, 1.165) is 5.82 Å². The average molecular weight is 245 g/mol. The number of benzene rings is 1. The van der Waals surface area contributed by atoms with E-state index in [0.29, 0.717) is 6.54 Å². The van der Waals surface area contributed by atoms with Crippen molar-refractivity contribution in [3.8, 4) is 0 Å². The van der Waals surface area contributed by atoms with E-state index in [1.165, 1.54) is 17.6 Å². The van der Waals surface area contributed by atoms with Gasteiger partial charge in [-0.05, 0) is 24.6 Å². The molecule has 2 N–H and O–H groups in total. The summed E-state index contributed by atoms with van der Waals surface area (Å²) in [4.78, 5) is 6.18. The van der Waals surface area contributed by atoms with Crippen molar-refractivity contribution in [1.82, 2.24) is 20.5 Å². The van der Waals surface area contributed by atoms with Crippen molar-refractivity contribution in [2.24, 2.45) is 0 Å². The van der Waals surface area contributed by atoms with Gasteiger partial charge in [0.1, 0.15) is 12.2 Å². The minimum absolute atomic E-state index is 0.284. The van der Waals surface area contributed by atoms with Crippen LogP contribution in [-0.2, 0) is 6.54 Å². The average Bonchev–Trinajstić information content (AvgIpc) is 2.89. The highest BCUT2D eigenvalue weighted by molar-refractivity contribution is 5.46. The highest BCUT2D eigenvalue weighted by atomic mass is 15.2. The van der Waals surface area contributed by atoms with Crippen LogP contribution in [0.4, 0.5) is 5.69 Å². The van der Waals surface area contributed by atoms with Gasteiger partial charge in [0.25, 0.3) is 0 Å². The Bertz CT molecular complexity index is 461. The molecule has 0 bridgehead atoms. The van der Waals surface area contributed by atoms with E-state index in [9.17, 15) is 0 Å². The molecule has 1 unspecified atom stereocenters. The highest BCUT2D eigenvalue weighted by Gasteiger charge is 2.06. The second kappa shape index (κ2) is 5.64. The minimum Gasteiger partial charge on any atom is -0.378 e. The van der Waals surface area contributed by atoms with Crippen molar-refractivity contribution in [2.75, 3.05) is 19.0 Å². The van der Waals surface area contributed by atoms with Gasteiger partial charge in [0.15, 0.2) is 0 Å². The van der Waals surface area contributed by atoms with Crippen LogP contribution in [0.2, 0.25) is 0 Å². The van der Waals surface area contributed by atoms with Gasteiger partial charge in [0.2, 0.25) is 0 Å². The number of aromatic nitrogens is 3. The molecule has 0 fully saturated rings. The molecule has 1 aromatic carbocycles. The van der Waals surface area contributed by atoms with Crippen molar-refractivity contribution in [3.05, 3.63) is 42.0 Å². The van der Waals surface area contributed by atoms with Crippen molar-refractivity contribution in [2.45, 2.75) is 19.5 Å². The summed E-state index contributed by atoms with van der Waals surface area (Å²) in [5.74, 6) is 0.853. The van der Waals surface area contributed by atoms with E-state index in [-0.39, 0.29) is 6.04 Å². The number of rotatable bonds is 5. The van der Waals surface area contributed by atoms with Gasteiger partial charge in [-0.1, -0.05) is 12.1 Å². The summed E-state index contributed by atoms with van der Waals surface area (Å²) in [6, 6.07) is 8.83. The molecule has 0 aliphatic heterocycles. The lowest BCUT2D eigenvalue weighted by molar-refractivity contribution is 0.560. The first kappa shape index (κ1) is 12.6. The Morgan fingerprint density at radius 2 is 2.00 bits per heavy atom. The first-order valence-electron chi connectivity index (χ1n) is 6.01. The number of nitrogens with zero attached hydrogens (tertiary/aromatic N) is 3. The molecule has 1 heterocycles. The zero-order valence-corrected chi connectivity index (χ0v) is 11.0. The van der Waals surface area contributed by atoms with E-state index in [2.05, 4.69) is 56.6 Å². The second-order valence-corrected chi connectivity index (χ2v) is 4.52. The van der Waals surface area contributed by atoms with Gasteiger partial charge in [-0.3, -0.25) is 5.10 Å². The van der Waals surface area contributed by atoms with E-state index in [1.807, 2.05) is 14.1 Å². The van der Waals surface area contributed by atoms with Crippen LogP contribution >= 0.6 is 0 Å². The first-order valence-corrected chi connectivity index (χ1v) is 6.01. The molecule has 5 nitrogen and oxygen atoms in total. The topological polar surface area (TPSA) is 56.8 Å². The van der Waals surface area contributed by atoms with E-state index >= 15 is 0 Å². The fourth-order valence-corrected chi connectivity index (χ4v) is 1.74. The van der Waals surface area contributed by atoms with Crippen LogP contribution < -0.4 is 10.2 Å². The maximum atomic E-state index is 4.08. The molecule has 5 heteroatoms. The smallest absolute Gasteiger partial charge is 0.138 e. The van der Waals surface area contributed by atoms with Gasteiger partial charge in [-0.25, -0.2) is 4.98 Å². The monoisotopic (exact) mass is 245 g/mol. The van der Waals surface area contributed by atoms with Gasteiger partial charge in [0, 0.05) is 25.8 Å². The third-order valence-electron chi connectivity index (χ3n) is 2.95. The van der Waals surface area contributed by atoms with Crippen molar-refractivity contribution >= 4 is 5.69 Å². The molecule has 0 aliphatic rings. The van der Waals surface area contributed by atoms with Crippen LogP contribution in [0.25, 0.3) is 0 Å². The largest absolute Gasteiger partial charge is 0.378 e. The van der Waals surface area contributed by atoms with Crippen LogP contribution in [0.1, 0.15) is 24.4 Å². The standard InChI is InChI=1S/C13H19N5/c1-10(14-8-13-15-9-16-17-13)11-4-6-12(7-5-11)18(2)3/h4-7,9-10,14H,8H2,1-3H3,(H,15,16,17). The lowest BCUT2D eigenvalue weighted by atomic mass is 10.1. The molecule has 0 aliphatic carbocycles. The predicted molar refractivity (Wildman–Crippen MR) is 72.4 cm³/mol. The third-order valence-corrected chi connectivity index (χ3v) is 2.95. The van der Waals surface area contributed by atoms with Crippen LogP contribution in [-0.4, -0.2) is 29.3 Å². The highest BCUT2D eigenvalue weighted by Crippen LogP contribution is 2.17. The zero-order valence-electron chi connectivity index (χ0n) is 11.0. The Labute approximate surface area is 107 Å². The second-order valence-electron chi connectivity index (χ2n) is 4.52. The maximum absolute atomic E-state index is 4.08. The fraction of sp³-hybridized carbons (Fsp3) is 0.385. The Kier molecular flexibility index (Phi) is 3.94. The van der Waals surface area contributed by atoms with Gasteiger partial charge in [-0.15, -0.1) is 0 Å². The Hall–Kier alpha value is -1.88. The summed E-state index contributed by atoms with van der Waals surface area (Å²) in [6.45, 7) is 2.83. The molecule has 2 rings (SSSR count). The predicted octanol–water partition coefficient (Wildman–Crippen LogP) is 1.72. The summed E-state index contributed by atoms with van der Waals surface area (Å²) >= 11 is 0. The Morgan fingerprint density at radius 1 is 1.28 bits per heavy atom. The van der Waals surface area contributed by atoms with Crippen LogP contribution in [0.5, 0.6) is 0 Å². The summed E-state index contributed by atoms with van der Waals surface area (Å²) < 4.78 is 0. The lowest BCUT2D eigenvalue weighted by Gasteiger charge is -2.16. The van der Waals surface area contributed by atoms with Crippen molar-refractivity contribution < 1.29 is 0 Å². The number of hydrogen-bond donors (Lipinski definition) is 2. The molecule has 96 valence electrons. The summed E-state index contributed by atoms with van der Waals surface area (Å²) in [5.41, 5.74) is 2.47. The molecule has 1 atom stereocenters. The molecule has 0 saturated heterocycles. The maximum Gasteiger partial charge on any atom is 0.138 e. The molecular weight excluding hydrogens is 226 g/mol. The zero-order chi connectivity index (χ0) is 13.0. The summed E-state index contributed by atoms with van der Waals surface area (Å²) in [5, 5.41) is 10.1.